The van der Waals surface area contributed by atoms with Gasteiger partial charge in [0.15, 0.2) is 6.17 Å². The molecule has 2 aliphatic rings. The zero-order chi connectivity index (χ0) is 68.3. The van der Waals surface area contributed by atoms with Gasteiger partial charge in [-0.1, -0.05) is 108 Å². The van der Waals surface area contributed by atoms with Crippen LogP contribution >= 0.6 is 0 Å². The molecule has 2 saturated heterocycles. The van der Waals surface area contributed by atoms with Crippen LogP contribution in [0.4, 0.5) is 0 Å². The molecule has 5 aromatic rings. The number of aromatic amines is 2. The second-order valence-corrected chi connectivity index (χ2v) is 25.3. The van der Waals surface area contributed by atoms with Gasteiger partial charge < -0.3 is 79.9 Å². The molecule has 4 heterocycles. The van der Waals surface area contributed by atoms with Gasteiger partial charge >= 0.3 is 0 Å². The summed E-state index contributed by atoms with van der Waals surface area (Å²) in [6, 6.07) is 9.75. The monoisotopic (exact) mass is 1300 g/mol. The predicted octanol–water partition coefficient (Wildman–Crippen LogP) is -0.560. The Bertz CT molecular complexity index is 3530. The number of para-hydroxylation sites is 2. The Balaban J connectivity index is 1.32. The highest BCUT2D eigenvalue weighted by atomic mass is 16.2. The first kappa shape index (κ1) is 71.7. The van der Waals surface area contributed by atoms with E-state index in [0.717, 1.165) is 0 Å². The standard InChI is InChI=1S/C66H90N16O12/c1-35(2)27-47-60(88)80-52(29-38-15-8-7-9-16-38)66(94)82-26-25-70-56(82)65(93)79-48(28-36(3)4)59(87)77-49(30-39-33-71-43-19-12-10-17-41(39)43)61(89)78-51(32-54(69)84)62(90)73-46(22-23-53(68)83)58(86)76-50(31-40-34-72-44-20-13-11-18-42(40)44)63(91)81-55(37(5)6)64(92)74-45(21-14-24-67)57(85)75-47/h7-13,15-20,33-37,45-52,55-56,70-72H,14,21-32,67H2,1-6H3,(H2,68,83)(H2,69,84)(H,73,90)(H,74,92)(H,75,85)(H,76,86)(H,77,87)(H,78,89)(H,79,93)(H,80,88)(H,81,91). The quantitative estimate of drug-likeness (QED) is 0.0493. The second kappa shape index (κ2) is 33.7. The maximum absolute atomic E-state index is 15.1. The van der Waals surface area contributed by atoms with Crippen molar-refractivity contribution < 1.29 is 57.5 Å². The molecule has 0 radical (unpaired) electrons. The minimum Gasteiger partial charge on any atom is -0.370 e. The lowest BCUT2D eigenvalue weighted by Gasteiger charge is -2.31. The van der Waals surface area contributed by atoms with Crippen LogP contribution in [-0.4, -0.2) is 166 Å². The lowest BCUT2D eigenvalue weighted by atomic mass is 9.98. The summed E-state index contributed by atoms with van der Waals surface area (Å²) in [6.07, 6.45) is -0.153. The largest absolute Gasteiger partial charge is 0.370 e. The summed E-state index contributed by atoms with van der Waals surface area (Å²) in [5.74, 6) is -11.9. The van der Waals surface area contributed by atoms with Crippen molar-refractivity contribution in [3.63, 3.8) is 0 Å². The molecule has 0 aliphatic carbocycles. The van der Waals surface area contributed by atoms with Crippen LogP contribution in [0.15, 0.2) is 91.3 Å². The van der Waals surface area contributed by atoms with Gasteiger partial charge in [-0.15, -0.1) is 0 Å². The van der Waals surface area contributed by atoms with Crippen molar-refractivity contribution in [2.45, 2.75) is 166 Å². The summed E-state index contributed by atoms with van der Waals surface area (Å²) in [5.41, 5.74) is 20.3. The zero-order valence-corrected chi connectivity index (χ0v) is 53.9. The van der Waals surface area contributed by atoms with E-state index < -0.39 is 157 Å². The van der Waals surface area contributed by atoms with E-state index in [0.29, 0.717) is 38.5 Å². The van der Waals surface area contributed by atoms with E-state index >= 15 is 4.79 Å². The highest BCUT2D eigenvalue weighted by Gasteiger charge is 2.42. The Labute approximate surface area is 545 Å². The smallest absolute Gasteiger partial charge is 0.258 e. The molecule has 2 aromatic heterocycles. The van der Waals surface area contributed by atoms with Crippen LogP contribution in [-0.2, 0) is 76.8 Å². The van der Waals surface area contributed by atoms with E-state index in [1.807, 2.05) is 13.8 Å². The lowest BCUT2D eigenvalue weighted by molar-refractivity contribution is -0.143. The van der Waals surface area contributed by atoms with E-state index in [4.69, 9.17) is 17.2 Å². The number of carbonyl (C=O) groups is 12. The van der Waals surface area contributed by atoms with Gasteiger partial charge in [0, 0.05) is 73.0 Å². The molecule has 2 aliphatic heterocycles. The van der Waals surface area contributed by atoms with E-state index in [2.05, 4.69) is 63.1 Å². The third kappa shape index (κ3) is 19.9. The number of benzene rings is 3. The highest BCUT2D eigenvalue weighted by molar-refractivity contribution is 6.01. The molecule has 10 atom stereocenters. The van der Waals surface area contributed by atoms with Crippen molar-refractivity contribution in [2.24, 2.45) is 35.0 Å². The minimum atomic E-state index is -1.84. The molecule has 18 N–H and O–H groups in total. The van der Waals surface area contributed by atoms with Crippen molar-refractivity contribution in [3.05, 3.63) is 108 Å². The van der Waals surface area contributed by atoms with Crippen molar-refractivity contribution in [1.29, 1.82) is 0 Å². The maximum atomic E-state index is 15.1. The minimum absolute atomic E-state index is 0.0101. The molecule has 10 unspecified atom stereocenters. The molecule has 0 spiro atoms. The highest BCUT2D eigenvalue weighted by Crippen LogP contribution is 2.23. The first-order chi connectivity index (χ1) is 44.8. The molecular formula is C66H90N16O12. The predicted molar refractivity (Wildman–Crippen MR) is 349 cm³/mol. The molecule has 3 aromatic carbocycles. The summed E-state index contributed by atoms with van der Waals surface area (Å²) in [6.45, 7) is 10.7. The van der Waals surface area contributed by atoms with Gasteiger partial charge in [0.1, 0.15) is 54.4 Å². The average Bonchev–Trinajstić information content (AvgIpc) is 1.64. The van der Waals surface area contributed by atoms with E-state index in [1.165, 1.54) is 4.90 Å². The fraction of sp³-hybridized carbons (Fsp3) is 0.485. The SMILES string of the molecule is CC(C)CC1NC(=O)C(CCCN)NC(=O)C(C(C)C)NC(=O)C(Cc2c[nH]c3ccccc23)NC(=O)C(CCC(N)=O)NC(=O)C(CC(N)=O)NC(=O)C(Cc2c[nH]c3ccccc23)NC(=O)C(CC(C)C)NC(=O)C2NCCN2C(=O)C(Cc2ccccc2)NC1=O. The van der Waals surface area contributed by atoms with E-state index in [1.54, 1.807) is 119 Å². The number of aromatic nitrogens is 2. The summed E-state index contributed by atoms with van der Waals surface area (Å²) >= 11 is 0. The molecular weight excluding hydrogens is 1210 g/mol. The van der Waals surface area contributed by atoms with Crippen LogP contribution in [0, 0.1) is 17.8 Å². The summed E-state index contributed by atoms with van der Waals surface area (Å²) in [4.78, 5) is 181. The summed E-state index contributed by atoms with van der Waals surface area (Å²) in [5, 5.41) is 28.9. The Morgan fingerprint density at radius 1 is 0.479 bits per heavy atom. The van der Waals surface area contributed by atoms with E-state index in [-0.39, 0.29) is 76.4 Å². The molecule has 28 heteroatoms. The molecule has 12 amide bonds. The Morgan fingerprint density at radius 2 is 0.915 bits per heavy atom. The van der Waals surface area contributed by atoms with Crippen molar-refractivity contribution in [3.8, 4) is 0 Å². The fourth-order valence-electron chi connectivity index (χ4n) is 11.6. The van der Waals surface area contributed by atoms with Gasteiger partial charge in [-0.3, -0.25) is 62.9 Å². The average molecular weight is 1300 g/mol. The number of H-pyrrole nitrogens is 2. The van der Waals surface area contributed by atoms with Crippen molar-refractivity contribution in [1.82, 2.24) is 68.0 Å². The molecule has 0 saturated carbocycles. The van der Waals surface area contributed by atoms with Crippen LogP contribution in [0.2, 0.25) is 0 Å². The van der Waals surface area contributed by atoms with E-state index in [9.17, 15) is 52.7 Å². The number of nitrogens with zero attached hydrogens (tertiary/aromatic N) is 1. The molecule has 2 fully saturated rings. The lowest BCUT2D eigenvalue weighted by Crippen LogP contribution is -2.63. The van der Waals surface area contributed by atoms with Gasteiger partial charge in [-0.25, -0.2) is 0 Å². The van der Waals surface area contributed by atoms with Gasteiger partial charge in [0.05, 0.1) is 6.42 Å². The van der Waals surface area contributed by atoms with Crippen molar-refractivity contribution in [2.75, 3.05) is 19.6 Å². The molecule has 506 valence electrons. The number of carbonyl (C=O) groups excluding carboxylic acids is 12. The van der Waals surface area contributed by atoms with Gasteiger partial charge in [0.2, 0.25) is 65.0 Å². The normalized spacial score (nSPS) is 24.0. The van der Waals surface area contributed by atoms with Gasteiger partial charge in [-0.2, -0.15) is 0 Å². The third-order valence-corrected chi connectivity index (χ3v) is 16.5. The Kier molecular flexibility index (Phi) is 25.8. The third-order valence-electron chi connectivity index (χ3n) is 16.5. The molecule has 94 heavy (non-hydrogen) atoms. The number of hydrogen-bond donors (Lipinski definition) is 15. The second-order valence-electron chi connectivity index (χ2n) is 25.3. The number of rotatable bonds is 19. The number of hydrogen-bond acceptors (Lipinski definition) is 14. The molecule has 7 rings (SSSR count). The first-order valence-corrected chi connectivity index (χ1v) is 32.0. The topological polar surface area (TPSA) is 438 Å². The number of nitrogens with one attached hydrogen (secondary N) is 12. The first-order valence-electron chi connectivity index (χ1n) is 32.0. The number of amides is 12. The summed E-state index contributed by atoms with van der Waals surface area (Å²) in [7, 11) is 0. The zero-order valence-electron chi connectivity index (χ0n) is 53.9. The Morgan fingerprint density at radius 3 is 1.44 bits per heavy atom. The summed E-state index contributed by atoms with van der Waals surface area (Å²) < 4.78 is 0. The Hall–Kier alpha value is -9.70. The molecule has 0 bridgehead atoms. The fourth-order valence-corrected chi connectivity index (χ4v) is 11.6. The van der Waals surface area contributed by atoms with Crippen LogP contribution in [0.25, 0.3) is 21.8 Å². The van der Waals surface area contributed by atoms with Gasteiger partial charge in [-0.05, 0) is 85.2 Å². The molecule has 28 nitrogen and oxygen atoms in total. The number of nitrogens with two attached hydrogens (primary N) is 3. The number of fused-ring (bicyclic) bond motifs is 3. The van der Waals surface area contributed by atoms with Crippen LogP contribution < -0.4 is 70.4 Å². The van der Waals surface area contributed by atoms with Crippen LogP contribution in [0.5, 0.6) is 0 Å². The van der Waals surface area contributed by atoms with Crippen LogP contribution in [0.1, 0.15) is 103 Å². The maximum Gasteiger partial charge on any atom is 0.258 e. The number of primary amides is 2. The van der Waals surface area contributed by atoms with Crippen molar-refractivity contribution >= 4 is 92.7 Å². The van der Waals surface area contributed by atoms with Crippen LogP contribution in [0.3, 0.4) is 0 Å². The van der Waals surface area contributed by atoms with Gasteiger partial charge in [0.25, 0.3) is 5.91 Å².